The van der Waals surface area contributed by atoms with Crippen LogP contribution in [0.1, 0.15) is 61.3 Å². The molecule has 0 amide bonds. The standard InChI is InChI=1S/C15H30B2O6/c1-9-19-17-21-13(4,5)15(7,23-17)11-10-14(6)12(2,3)20-16(18-8)22-14/h9-11H2,1-8H3. The summed E-state index contributed by atoms with van der Waals surface area (Å²) in [6.07, 6.45) is 1.51. The topological polar surface area (TPSA) is 55.4 Å². The molecule has 0 spiro atoms. The molecule has 0 saturated carbocycles. The summed E-state index contributed by atoms with van der Waals surface area (Å²) in [6.45, 7) is 14.7. The SMILES string of the molecule is CCOB1OC(C)(C)C(C)(CCC2(C)OB(OC)OC2(C)C)O1. The molecule has 8 heteroatoms. The van der Waals surface area contributed by atoms with E-state index in [9.17, 15) is 0 Å². The van der Waals surface area contributed by atoms with Crippen LogP contribution in [0, 0.1) is 0 Å². The van der Waals surface area contributed by atoms with Crippen molar-refractivity contribution in [1.29, 1.82) is 0 Å². The summed E-state index contributed by atoms with van der Waals surface area (Å²) in [6, 6.07) is 0. The Hall–Kier alpha value is -0.110. The molecule has 0 radical (unpaired) electrons. The van der Waals surface area contributed by atoms with Crippen molar-refractivity contribution in [2.24, 2.45) is 0 Å². The fourth-order valence-corrected chi connectivity index (χ4v) is 2.98. The normalized spacial score (nSPS) is 36.0. The highest BCUT2D eigenvalue weighted by molar-refractivity contribution is 6.38. The summed E-state index contributed by atoms with van der Waals surface area (Å²) in [5.41, 5.74) is -1.85. The van der Waals surface area contributed by atoms with Crippen LogP contribution in [-0.2, 0) is 27.9 Å². The van der Waals surface area contributed by atoms with E-state index in [1.807, 2.05) is 34.6 Å². The summed E-state index contributed by atoms with van der Waals surface area (Å²) in [7, 11) is 0.332. The molecule has 6 nitrogen and oxygen atoms in total. The predicted molar refractivity (Wildman–Crippen MR) is 88.7 cm³/mol. The maximum atomic E-state index is 6.06. The van der Waals surface area contributed by atoms with Gasteiger partial charge in [0.15, 0.2) is 0 Å². The second-order valence-corrected chi connectivity index (χ2v) is 7.72. The molecule has 2 unspecified atom stereocenters. The van der Waals surface area contributed by atoms with E-state index in [0.717, 1.165) is 12.8 Å². The number of rotatable bonds is 6. The lowest BCUT2D eigenvalue weighted by Gasteiger charge is -2.41. The monoisotopic (exact) mass is 328 g/mol. The average molecular weight is 328 g/mol. The maximum Gasteiger partial charge on any atom is 0.640 e. The van der Waals surface area contributed by atoms with Crippen molar-refractivity contribution < 1.29 is 27.9 Å². The third-order valence-corrected chi connectivity index (χ3v) is 5.62. The minimum absolute atomic E-state index is 0.451. The molecule has 0 bridgehead atoms. The molecule has 0 N–H and O–H groups in total. The zero-order valence-corrected chi connectivity index (χ0v) is 15.7. The van der Waals surface area contributed by atoms with Crippen molar-refractivity contribution in [1.82, 2.24) is 0 Å². The quantitative estimate of drug-likeness (QED) is 0.699. The van der Waals surface area contributed by atoms with Crippen LogP contribution in [0.2, 0.25) is 0 Å². The van der Waals surface area contributed by atoms with Crippen molar-refractivity contribution in [2.75, 3.05) is 13.7 Å². The summed E-state index contributed by atoms with van der Waals surface area (Å²) in [4.78, 5) is 0. The van der Waals surface area contributed by atoms with Crippen molar-refractivity contribution in [3.05, 3.63) is 0 Å². The lowest BCUT2D eigenvalue weighted by atomic mass is 9.77. The Bertz CT molecular complexity index is 432. The van der Waals surface area contributed by atoms with Crippen LogP contribution in [0.25, 0.3) is 0 Å². The third-order valence-electron chi connectivity index (χ3n) is 5.62. The lowest BCUT2D eigenvalue weighted by Crippen LogP contribution is -2.50. The first kappa shape index (κ1) is 19.2. The Morgan fingerprint density at radius 1 is 0.739 bits per heavy atom. The molecule has 2 aliphatic heterocycles. The Labute approximate surface area is 140 Å². The summed E-state index contributed by atoms with van der Waals surface area (Å²) < 4.78 is 34.5. The molecule has 0 aromatic rings. The molecule has 0 aromatic heterocycles. The van der Waals surface area contributed by atoms with Crippen LogP contribution in [-0.4, -0.2) is 50.8 Å². The molecular formula is C15H30B2O6. The average Bonchev–Trinajstić information content (AvgIpc) is 2.79. The van der Waals surface area contributed by atoms with Crippen LogP contribution in [0.15, 0.2) is 0 Å². The van der Waals surface area contributed by atoms with E-state index >= 15 is 0 Å². The highest BCUT2D eigenvalue weighted by Crippen LogP contribution is 2.46. The first-order valence-electron chi connectivity index (χ1n) is 8.34. The van der Waals surface area contributed by atoms with Crippen LogP contribution >= 0.6 is 0 Å². The van der Waals surface area contributed by atoms with Crippen molar-refractivity contribution >= 4 is 14.6 Å². The van der Waals surface area contributed by atoms with Crippen molar-refractivity contribution in [2.45, 2.75) is 83.7 Å². The number of hydrogen-bond acceptors (Lipinski definition) is 6. The van der Waals surface area contributed by atoms with Crippen LogP contribution in [0.4, 0.5) is 0 Å². The molecule has 2 atom stereocenters. The van der Waals surface area contributed by atoms with Gasteiger partial charge in [0, 0.05) is 13.7 Å². The minimum Gasteiger partial charge on any atom is -0.389 e. The minimum atomic E-state index is -0.632. The van der Waals surface area contributed by atoms with Gasteiger partial charge in [-0.05, 0) is 61.3 Å². The first-order valence-corrected chi connectivity index (χ1v) is 8.34. The van der Waals surface area contributed by atoms with Gasteiger partial charge in [0.2, 0.25) is 0 Å². The van der Waals surface area contributed by atoms with Crippen LogP contribution in [0.5, 0.6) is 0 Å². The van der Waals surface area contributed by atoms with E-state index in [4.69, 9.17) is 27.9 Å². The largest absolute Gasteiger partial charge is 0.640 e. The summed E-state index contributed by atoms with van der Waals surface area (Å²) in [5, 5.41) is 0. The Balaban J connectivity index is 2.07. The second kappa shape index (κ2) is 6.32. The van der Waals surface area contributed by atoms with E-state index in [1.54, 1.807) is 7.11 Å². The zero-order valence-electron chi connectivity index (χ0n) is 15.7. The lowest BCUT2D eigenvalue weighted by molar-refractivity contribution is -0.0580. The maximum absolute atomic E-state index is 6.06. The number of hydrogen-bond donors (Lipinski definition) is 0. The van der Waals surface area contributed by atoms with Gasteiger partial charge in [-0.15, -0.1) is 0 Å². The van der Waals surface area contributed by atoms with Gasteiger partial charge in [-0.25, -0.2) is 0 Å². The van der Waals surface area contributed by atoms with Gasteiger partial charge in [0.05, 0.1) is 22.4 Å². The first-order chi connectivity index (χ1) is 10.5. The van der Waals surface area contributed by atoms with Gasteiger partial charge in [-0.2, -0.15) is 0 Å². The summed E-state index contributed by atoms with van der Waals surface area (Å²) >= 11 is 0. The zero-order chi connectivity index (χ0) is 17.5. The van der Waals surface area contributed by atoms with E-state index < -0.39 is 37.0 Å². The highest BCUT2D eigenvalue weighted by Gasteiger charge is 2.59. The Morgan fingerprint density at radius 2 is 1.17 bits per heavy atom. The molecular weight excluding hydrogens is 298 g/mol. The van der Waals surface area contributed by atoms with Gasteiger partial charge >= 0.3 is 14.6 Å². The Kier molecular flexibility index (Phi) is 5.28. The molecule has 2 heterocycles. The van der Waals surface area contributed by atoms with Crippen molar-refractivity contribution in [3.8, 4) is 0 Å². The second-order valence-electron chi connectivity index (χ2n) is 7.72. The highest BCUT2D eigenvalue weighted by atomic mass is 16.8. The van der Waals surface area contributed by atoms with E-state index in [-0.39, 0.29) is 0 Å². The predicted octanol–water partition coefficient (Wildman–Crippen LogP) is 2.59. The molecule has 0 aliphatic carbocycles. The van der Waals surface area contributed by atoms with Crippen LogP contribution < -0.4 is 0 Å². The van der Waals surface area contributed by atoms with Gasteiger partial charge in [-0.3, -0.25) is 0 Å². The molecule has 2 saturated heterocycles. The fourth-order valence-electron chi connectivity index (χ4n) is 2.98. The molecule has 0 aromatic carbocycles. The molecule has 2 aliphatic rings. The molecule has 2 fully saturated rings. The van der Waals surface area contributed by atoms with Gasteiger partial charge in [0.25, 0.3) is 0 Å². The summed E-state index contributed by atoms with van der Waals surface area (Å²) in [5.74, 6) is 0. The van der Waals surface area contributed by atoms with Crippen molar-refractivity contribution in [3.63, 3.8) is 0 Å². The van der Waals surface area contributed by atoms with E-state index in [0.29, 0.717) is 6.61 Å². The van der Waals surface area contributed by atoms with E-state index in [1.165, 1.54) is 0 Å². The van der Waals surface area contributed by atoms with Crippen LogP contribution in [0.3, 0.4) is 0 Å². The van der Waals surface area contributed by atoms with E-state index in [2.05, 4.69) is 13.8 Å². The third kappa shape index (κ3) is 3.48. The van der Waals surface area contributed by atoms with Gasteiger partial charge in [-0.1, -0.05) is 0 Å². The molecule has 23 heavy (non-hydrogen) atoms. The molecule has 2 rings (SSSR count). The fraction of sp³-hybridized carbons (Fsp3) is 1.00. The van der Waals surface area contributed by atoms with Gasteiger partial charge in [0.1, 0.15) is 0 Å². The Morgan fingerprint density at radius 3 is 1.57 bits per heavy atom. The molecule has 132 valence electrons. The van der Waals surface area contributed by atoms with Gasteiger partial charge < -0.3 is 27.9 Å². The smallest absolute Gasteiger partial charge is 0.389 e.